The maximum Gasteiger partial charge on any atom is 0.255 e. The molecular weight excluding hydrogens is 382 g/mol. The van der Waals surface area contributed by atoms with Crippen LogP contribution in [0.1, 0.15) is 17.0 Å². The Morgan fingerprint density at radius 3 is 2.42 bits per heavy atom. The minimum Gasteiger partial charge on any atom is -0.348 e. The Hall–Kier alpha value is -4.18. The van der Waals surface area contributed by atoms with Crippen molar-refractivity contribution in [1.82, 2.24) is 15.3 Å². The smallest absolute Gasteiger partial charge is 0.255 e. The number of aromatic nitrogens is 2. The summed E-state index contributed by atoms with van der Waals surface area (Å²) in [5.74, 6) is 0.385. The molecule has 5 rings (SSSR count). The molecule has 0 bridgehead atoms. The predicted molar refractivity (Wildman–Crippen MR) is 126 cm³/mol. The van der Waals surface area contributed by atoms with Gasteiger partial charge in [-0.3, -0.25) is 4.79 Å². The van der Waals surface area contributed by atoms with Gasteiger partial charge in [0.05, 0.1) is 16.6 Å². The molecule has 1 amide bonds. The number of H-pyrrole nitrogens is 1. The van der Waals surface area contributed by atoms with Crippen LogP contribution in [0.5, 0.6) is 0 Å². The van der Waals surface area contributed by atoms with E-state index in [4.69, 9.17) is 0 Å². The number of imidazole rings is 1. The number of amides is 1. The third-order valence-electron chi connectivity index (χ3n) is 5.27. The summed E-state index contributed by atoms with van der Waals surface area (Å²) in [6.45, 7) is 0.453. The molecule has 0 saturated heterocycles. The Morgan fingerprint density at radius 2 is 1.58 bits per heavy atom. The van der Waals surface area contributed by atoms with Crippen molar-refractivity contribution in [2.24, 2.45) is 0 Å². The van der Waals surface area contributed by atoms with E-state index in [1.807, 2.05) is 78.9 Å². The molecule has 0 aliphatic rings. The van der Waals surface area contributed by atoms with Gasteiger partial charge in [0.2, 0.25) is 0 Å². The van der Waals surface area contributed by atoms with Gasteiger partial charge in [-0.2, -0.15) is 0 Å². The number of rotatable bonds is 5. The molecule has 0 radical (unpaired) electrons. The summed E-state index contributed by atoms with van der Waals surface area (Å²) >= 11 is 0. The highest BCUT2D eigenvalue weighted by Crippen LogP contribution is 2.23. The third kappa shape index (κ3) is 4.09. The predicted octanol–water partition coefficient (Wildman–Crippen LogP) is 5.57. The zero-order valence-electron chi connectivity index (χ0n) is 16.9. The highest BCUT2D eigenvalue weighted by Gasteiger charge is 2.16. The molecule has 0 saturated carbocycles. The summed E-state index contributed by atoms with van der Waals surface area (Å²) in [5.41, 5.74) is 4.23. The number of hydrogen-bond donors (Lipinski definition) is 2. The molecule has 1 heterocycles. The van der Waals surface area contributed by atoms with Crippen LogP contribution in [0.4, 0.5) is 0 Å². The third-order valence-corrected chi connectivity index (χ3v) is 5.27. The first-order valence-corrected chi connectivity index (χ1v) is 10.2. The van der Waals surface area contributed by atoms with Gasteiger partial charge in [0.1, 0.15) is 5.82 Å². The fraction of sp³-hybridized carbons (Fsp3) is 0.0370. The van der Waals surface area contributed by atoms with E-state index in [2.05, 4.69) is 39.6 Å². The molecule has 0 aliphatic heterocycles. The molecule has 0 atom stereocenters. The van der Waals surface area contributed by atoms with Gasteiger partial charge in [-0.25, -0.2) is 4.98 Å². The highest BCUT2D eigenvalue weighted by molar-refractivity contribution is 6.23. The van der Waals surface area contributed by atoms with Crippen LogP contribution in [0.3, 0.4) is 0 Å². The number of carbonyl (C=O) groups is 1. The van der Waals surface area contributed by atoms with Crippen LogP contribution < -0.4 is 5.32 Å². The largest absolute Gasteiger partial charge is 0.348 e. The summed E-state index contributed by atoms with van der Waals surface area (Å²) < 4.78 is 0. The van der Waals surface area contributed by atoms with Crippen LogP contribution >= 0.6 is 0 Å². The number of benzene rings is 4. The molecule has 4 aromatic carbocycles. The number of nitrogens with one attached hydrogen (secondary N) is 2. The van der Waals surface area contributed by atoms with Crippen LogP contribution in [0.25, 0.3) is 33.5 Å². The zero-order valence-corrected chi connectivity index (χ0v) is 16.9. The molecule has 0 aliphatic carbocycles. The van der Waals surface area contributed by atoms with E-state index in [0.29, 0.717) is 17.9 Å². The lowest BCUT2D eigenvalue weighted by Gasteiger charge is -2.08. The van der Waals surface area contributed by atoms with Gasteiger partial charge in [0, 0.05) is 6.54 Å². The van der Waals surface area contributed by atoms with Gasteiger partial charge in [0.15, 0.2) is 0 Å². The first kappa shape index (κ1) is 18.8. The van der Waals surface area contributed by atoms with Crippen molar-refractivity contribution in [2.75, 3.05) is 0 Å². The fourth-order valence-corrected chi connectivity index (χ4v) is 3.66. The van der Waals surface area contributed by atoms with Crippen molar-refractivity contribution in [3.63, 3.8) is 0 Å². The van der Waals surface area contributed by atoms with Crippen LogP contribution in [0, 0.1) is 0 Å². The van der Waals surface area contributed by atoms with Crippen LogP contribution in [0.2, 0.25) is 0 Å². The second-order valence-corrected chi connectivity index (χ2v) is 7.44. The number of hydrogen-bond acceptors (Lipinski definition) is 2. The fourth-order valence-electron chi connectivity index (χ4n) is 3.66. The van der Waals surface area contributed by atoms with E-state index in [9.17, 15) is 4.79 Å². The highest BCUT2D eigenvalue weighted by atomic mass is 16.1. The SMILES string of the molecule is O=C(NCc1ccccc1)/C(=C/c1ccc2ccccc2c1)c1nc2ccccc2[nH]1. The molecule has 4 nitrogen and oxygen atoms in total. The van der Waals surface area contributed by atoms with Crippen molar-refractivity contribution in [3.8, 4) is 0 Å². The van der Waals surface area contributed by atoms with E-state index in [-0.39, 0.29) is 5.91 Å². The minimum absolute atomic E-state index is 0.170. The standard InChI is InChI=1S/C27H21N3O/c31-27(28-18-19-8-2-1-3-9-19)23(26-29-24-12-6-7-13-25(24)30-26)17-20-14-15-21-10-4-5-11-22(21)16-20/h1-17H,18H2,(H,28,31)(H,29,30)/b23-17+. The molecular formula is C27H21N3O. The Morgan fingerprint density at radius 1 is 0.839 bits per heavy atom. The number of nitrogens with zero attached hydrogens (tertiary/aromatic N) is 1. The van der Waals surface area contributed by atoms with Crippen LogP contribution in [0.15, 0.2) is 97.1 Å². The van der Waals surface area contributed by atoms with Crippen molar-refractivity contribution >= 4 is 39.4 Å². The van der Waals surface area contributed by atoms with E-state index >= 15 is 0 Å². The molecule has 1 aromatic heterocycles. The number of carbonyl (C=O) groups excluding carboxylic acids is 1. The van der Waals surface area contributed by atoms with E-state index in [0.717, 1.165) is 27.5 Å². The lowest BCUT2D eigenvalue weighted by atomic mass is 10.0. The molecule has 2 N–H and O–H groups in total. The maximum atomic E-state index is 13.2. The van der Waals surface area contributed by atoms with Gasteiger partial charge in [-0.15, -0.1) is 0 Å². The quantitative estimate of drug-likeness (QED) is 0.377. The molecule has 0 fully saturated rings. The van der Waals surface area contributed by atoms with Crippen molar-refractivity contribution in [2.45, 2.75) is 6.54 Å². The summed E-state index contributed by atoms with van der Waals surface area (Å²) in [5, 5.41) is 5.33. The summed E-state index contributed by atoms with van der Waals surface area (Å²) in [6, 6.07) is 32.0. The van der Waals surface area contributed by atoms with Gasteiger partial charge >= 0.3 is 0 Å². The molecule has 0 unspecified atom stereocenters. The monoisotopic (exact) mass is 403 g/mol. The zero-order chi connectivity index (χ0) is 21.0. The normalized spacial score (nSPS) is 11.7. The Bertz CT molecular complexity index is 1370. The van der Waals surface area contributed by atoms with Gasteiger partial charge in [-0.1, -0.05) is 78.9 Å². The molecule has 31 heavy (non-hydrogen) atoms. The lowest BCUT2D eigenvalue weighted by Crippen LogP contribution is -2.24. The van der Waals surface area contributed by atoms with Crippen LogP contribution in [-0.4, -0.2) is 15.9 Å². The molecule has 0 spiro atoms. The minimum atomic E-state index is -0.170. The summed E-state index contributed by atoms with van der Waals surface area (Å²) in [6.07, 6.45) is 1.89. The van der Waals surface area contributed by atoms with Gasteiger partial charge in [0.25, 0.3) is 5.91 Å². The number of aromatic amines is 1. The average molecular weight is 403 g/mol. The molecule has 5 aromatic rings. The Labute approximate surface area is 180 Å². The Balaban J connectivity index is 1.53. The second-order valence-electron chi connectivity index (χ2n) is 7.44. The maximum absolute atomic E-state index is 13.2. The average Bonchev–Trinajstić information content (AvgIpc) is 3.25. The van der Waals surface area contributed by atoms with Gasteiger partial charge < -0.3 is 10.3 Å². The van der Waals surface area contributed by atoms with E-state index in [1.165, 1.54) is 5.39 Å². The van der Waals surface area contributed by atoms with Crippen molar-refractivity contribution < 1.29 is 4.79 Å². The number of fused-ring (bicyclic) bond motifs is 2. The summed E-state index contributed by atoms with van der Waals surface area (Å²) in [7, 11) is 0. The lowest BCUT2D eigenvalue weighted by molar-refractivity contribution is -0.115. The van der Waals surface area contributed by atoms with E-state index < -0.39 is 0 Å². The summed E-state index contributed by atoms with van der Waals surface area (Å²) in [4.78, 5) is 21.2. The Kier molecular flexibility index (Phi) is 5.03. The van der Waals surface area contributed by atoms with Gasteiger partial charge in [-0.05, 0) is 46.2 Å². The number of para-hydroxylation sites is 2. The topological polar surface area (TPSA) is 57.8 Å². The first-order chi connectivity index (χ1) is 15.3. The first-order valence-electron chi connectivity index (χ1n) is 10.2. The molecule has 4 heteroatoms. The molecule has 150 valence electrons. The second kappa shape index (κ2) is 8.28. The van der Waals surface area contributed by atoms with Crippen molar-refractivity contribution in [3.05, 3.63) is 114 Å². The van der Waals surface area contributed by atoms with Crippen LogP contribution in [-0.2, 0) is 11.3 Å². The van der Waals surface area contributed by atoms with Crippen molar-refractivity contribution in [1.29, 1.82) is 0 Å². The van der Waals surface area contributed by atoms with E-state index in [1.54, 1.807) is 0 Å².